The lowest BCUT2D eigenvalue weighted by Gasteiger charge is -2.32. The minimum Gasteiger partial charge on any atom is -0.319 e. The second-order valence-corrected chi connectivity index (χ2v) is 5.42. The zero-order chi connectivity index (χ0) is 13.0. The molecule has 1 saturated heterocycles. The molecule has 0 radical (unpaired) electrons. The largest absolute Gasteiger partial charge is 0.319 e. The highest BCUT2D eigenvalue weighted by molar-refractivity contribution is 6.31. The highest BCUT2D eigenvalue weighted by Crippen LogP contribution is 2.22. The van der Waals surface area contributed by atoms with Crippen molar-refractivity contribution in [3.8, 4) is 0 Å². The van der Waals surface area contributed by atoms with Gasteiger partial charge < -0.3 is 5.32 Å². The van der Waals surface area contributed by atoms with Gasteiger partial charge in [0.05, 0.1) is 0 Å². The summed E-state index contributed by atoms with van der Waals surface area (Å²) in [4.78, 5) is 2.35. The third-order valence-electron chi connectivity index (χ3n) is 3.60. The third-order valence-corrected chi connectivity index (χ3v) is 3.97. The summed E-state index contributed by atoms with van der Waals surface area (Å²) in [6, 6.07) is 4.59. The van der Waals surface area contributed by atoms with Crippen molar-refractivity contribution in [2.75, 3.05) is 26.7 Å². The van der Waals surface area contributed by atoms with Crippen LogP contribution >= 0.6 is 11.6 Å². The van der Waals surface area contributed by atoms with Gasteiger partial charge in [0.25, 0.3) is 0 Å². The first-order valence-corrected chi connectivity index (χ1v) is 6.87. The van der Waals surface area contributed by atoms with Crippen molar-refractivity contribution in [1.29, 1.82) is 0 Å². The molecular formula is C14H20ClFN2. The Morgan fingerprint density at radius 3 is 2.78 bits per heavy atom. The van der Waals surface area contributed by atoms with Crippen LogP contribution in [-0.4, -0.2) is 31.6 Å². The van der Waals surface area contributed by atoms with Crippen LogP contribution in [0.1, 0.15) is 18.4 Å². The first-order valence-electron chi connectivity index (χ1n) is 6.50. The molecule has 2 nitrogen and oxygen atoms in total. The van der Waals surface area contributed by atoms with Crippen molar-refractivity contribution < 1.29 is 4.39 Å². The molecule has 1 heterocycles. The second-order valence-electron chi connectivity index (χ2n) is 5.01. The molecule has 0 aromatic heterocycles. The molecule has 1 N–H and O–H groups in total. The van der Waals surface area contributed by atoms with Crippen molar-refractivity contribution in [3.05, 3.63) is 34.6 Å². The van der Waals surface area contributed by atoms with Crippen molar-refractivity contribution in [2.24, 2.45) is 5.92 Å². The number of hydrogen-bond donors (Lipinski definition) is 1. The maximum atomic E-state index is 13.2. The molecule has 0 amide bonds. The number of likely N-dealkylation sites (tertiary alicyclic amines) is 1. The summed E-state index contributed by atoms with van der Waals surface area (Å²) in [5.41, 5.74) is 0.892. The summed E-state index contributed by atoms with van der Waals surface area (Å²) < 4.78 is 13.2. The van der Waals surface area contributed by atoms with Gasteiger partial charge in [0.1, 0.15) is 5.82 Å². The Hall–Kier alpha value is -0.640. The Labute approximate surface area is 113 Å². The van der Waals surface area contributed by atoms with Crippen LogP contribution in [0, 0.1) is 11.7 Å². The molecule has 0 unspecified atom stereocenters. The highest BCUT2D eigenvalue weighted by Gasteiger charge is 2.19. The van der Waals surface area contributed by atoms with Crippen LogP contribution in [0.2, 0.25) is 5.02 Å². The summed E-state index contributed by atoms with van der Waals surface area (Å²) in [7, 11) is 2.00. The van der Waals surface area contributed by atoms with Crippen molar-refractivity contribution in [1.82, 2.24) is 10.2 Å². The second kappa shape index (κ2) is 6.50. The molecule has 1 aromatic carbocycles. The average molecular weight is 271 g/mol. The zero-order valence-electron chi connectivity index (χ0n) is 10.8. The normalized spacial score (nSPS) is 18.2. The van der Waals surface area contributed by atoms with Crippen molar-refractivity contribution in [3.63, 3.8) is 0 Å². The van der Waals surface area contributed by atoms with Gasteiger partial charge in [-0.1, -0.05) is 11.6 Å². The maximum absolute atomic E-state index is 13.2. The molecule has 0 spiro atoms. The monoisotopic (exact) mass is 270 g/mol. The first-order chi connectivity index (χ1) is 8.69. The Balaban J connectivity index is 1.89. The van der Waals surface area contributed by atoms with Gasteiger partial charge in [-0.05, 0) is 69.2 Å². The van der Waals surface area contributed by atoms with Crippen molar-refractivity contribution >= 4 is 11.6 Å². The van der Waals surface area contributed by atoms with Crippen LogP contribution in [0.25, 0.3) is 0 Å². The van der Waals surface area contributed by atoms with Crippen molar-refractivity contribution in [2.45, 2.75) is 19.4 Å². The van der Waals surface area contributed by atoms with Gasteiger partial charge in [-0.15, -0.1) is 0 Å². The zero-order valence-corrected chi connectivity index (χ0v) is 11.5. The Kier molecular flexibility index (Phi) is 4.98. The summed E-state index contributed by atoms with van der Waals surface area (Å²) >= 11 is 6.09. The fraction of sp³-hybridized carbons (Fsp3) is 0.571. The Morgan fingerprint density at radius 2 is 2.11 bits per heavy atom. The van der Waals surface area contributed by atoms with Gasteiger partial charge in [0.2, 0.25) is 0 Å². The van der Waals surface area contributed by atoms with E-state index in [1.807, 2.05) is 7.05 Å². The molecule has 0 saturated carbocycles. The van der Waals surface area contributed by atoms with Gasteiger partial charge in [0.15, 0.2) is 0 Å². The molecule has 0 atom stereocenters. The van der Waals surface area contributed by atoms with E-state index in [9.17, 15) is 4.39 Å². The van der Waals surface area contributed by atoms with E-state index in [1.165, 1.54) is 18.9 Å². The lowest BCUT2D eigenvalue weighted by atomic mass is 9.96. The van der Waals surface area contributed by atoms with E-state index in [-0.39, 0.29) is 5.82 Å². The van der Waals surface area contributed by atoms with Gasteiger partial charge in [0, 0.05) is 11.6 Å². The predicted molar refractivity (Wildman–Crippen MR) is 73.3 cm³/mol. The number of halogens is 2. The Morgan fingerprint density at radius 1 is 1.39 bits per heavy atom. The number of nitrogens with zero attached hydrogens (tertiary/aromatic N) is 1. The fourth-order valence-electron chi connectivity index (χ4n) is 2.54. The van der Waals surface area contributed by atoms with E-state index in [0.29, 0.717) is 5.02 Å². The van der Waals surface area contributed by atoms with Gasteiger partial charge >= 0.3 is 0 Å². The van der Waals surface area contributed by atoms with Crippen LogP contribution in [-0.2, 0) is 6.54 Å². The summed E-state index contributed by atoms with van der Waals surface area (Å²) in [5.74, 6) is 0.564. The van der Waals surface area contributed by atoms with E-state index in [2.05, 4.69) is 10.2 Å². The fourth-order valence-corrected chi connectivity index (χ4v) is 2.72. The minimum absolute atomic E-state index is 0.209. The quantitative estimate of drug-likeness (QED) is 0.905. The van der Waals surface area contributed by atoms with Gasteiger partial charge in [-0.2, -0.15) is 0 Å². The molecule has 1 fully saturated rings. The van der Waals surface area contributed by atoms with Gasteiger partial charge in [-0.3, -0.25) is 4.90 Å². The molecular weight excluding hydrogens is 251 g/mol. The minimum atomic E-state index is -0.209. The van der Waals surface area contributed by atoms with Crippen LogP contribution in [0.5, 0.6) is 0 Å². The summed E-state index contributed by atoms with van der Waals surface area (Å²) in [6.45, 7) is 3.98. The summed E-state index contributed by atoms with van der Waals surface area (Å²) in [5, 5.41) is 3.89. The number of rotatable bonds is 4. The molecule has 4 heteroatoms. The molecule has 18 heavy (non-hydrogen) atoms. The molecule has 1 aliphatic rings. The topological polar surface area (TPSA) is 15.3 Å². The predicted octanol–water partition coefficient (Wildman–Crippen LogP) is 2.91. The third kappa shape index (κ3) is 3.67. The molecule has 100 valence electrons. The smallest absolute Gasteiger partial charge is 0.123 e. The van der Waals surface area contributed by atoms with Crippen LogP contribution < -0.4 is 5.32 Å². The summed E-state index contributed by atoms with van der Waals surface area (Å²) in [6.07, 6.45) is 2.40. The molecule has 0 aliphatic carbocycles. The van der Waals surface area contributed by atoms with Crippen LogP contribution in [0.15, 0.2) is 18.2 Å². The standard InChI is InChI=1S/C14H20ClFN2/c1-17-9-11-4-6-18(7-5-11)10-12-8-13(16)2-3-14(12)15/h2-3,8,11,17H,4-7,9-10H2,1H3. The highest BCUT2D eigenvalue weighted by atomic mass is 35.5. The van der Waals surface area contributed by atoms with Gasteiger partial charge in [-0.25, -0.2) is 4.39 Å². The maximum Gasteiger partial charge on any atom is 0.123 e. The van der Waals surface area contributed by atoms with E-state index in [4.69, 9.17) is 11.6 Å². The van der Waals surface area contributed by atoms with E-state index in [1.54, 1.807) is 12.1 Å². The average Bonchev–Trinajstić information content (AvgIpc) is 2.37. The molecule has 2 rings (SSSR count). The first kappa shape index (κ1) is 13.8. The molecule has 0 bridgehead atoms. The molecule has 1 aliphatic heterocycles. The number of piperidine rings is 1. The van der Waals surface area contributed by atoms with E-state index < -0.39 is 0 Å². The lowest BCUT2D eigenvalue weighted by Crippen LogP contribution is -2.36. The van der Waals surface area contributed by atoms with Crippen LogP contribution in [0.3, 0.4) is 0 Å². The lowest BCUT2D eigenvalue weighted by molar-refractivity contribution is 0.176. The number of hydrogen-bond acceptors (Lipinski definition) is 2. The number of nitrogens with one attached hydrogen (secondary N) is 1. The molecule has 1 aromatic rings. The van der Waals surface area contributed by atoms with Crippen LogP contribution in [0.4, 0.5) is 4.39 Å². The number of benzene rings is 1. The Bertz CT molecular complexity index is 389. The van der Waals surface area contributed by atoms with E-state index in [0.717, 1.165) is 37.7 Å². The SMILES string of the molecule is CNCC1CCN(Cc2cc(F)ccc2Cl)CC1. The van der Waals surface area contributed by atoms with E-state index >= 15 is 0 Å².